The number of carbonyl (C=O) groups excluding carboxylic acids is 1. The van der Waals surface area contributed by atoms with Gasteiger partial charge in [-0.1, -0.05) is 38.5 Å². The van der Waals surface area contributed by atoms with Gasteiger partial charge in [-0.25, -0.2) is 24.7 Å². The second kappa shape index (κ2) is 14.3. The molecule has 12 heteroatoms. The number of nitrogens with zero attached hydrogens (tertiary/aromatic N) is 7. The summed E-state index contributed by atoms with van der Waals surface area (Å²) in [5.74, 6) is 1.01. The molecule has 4 aromatic heterocycles. The largest absolute Gasteiger partial charge is 0.444 e. The Labute approximate surface area is 359 Å². The molecule has 0 atom stereocenters. The Hall–Kier alpha value is -5.49. The first-order chi connectivity index (χ1) is 28.9. The number of carbonyl (C=O) groups is 1. The number of fused-ring (bicyclic) bond motifs is 6. The summed E-state index contributed by atoms with van der Waals surface area (Å²) in [6.07, 6.45) is 18.5. The highest BCUT2D eigenvalue weighted by molar-refractivity contribution is 5.88. The van der Waals surface area contributed by atoms with Crippen LogP contribution in [-0.4, -0.2) is 45.7 Å². The van der Waals surface area contributed by atoms with Crippen LogP contribution in [0, 0.1) is 13.8 Å². The fourth-order valence-electron chi connectivity index (χ4n) is 11.9. The van der Waals surface area contributed by atoms with Crippen molar-refractivity contribution in [3.8, 4) is 11.4 Å². The van der Waals surface area contributed by atoms with E-state index in [1.165, 1.54) is 72.7 Å². The summed E-state index contributed by atoms with van der Waals surface area (Å²) in [4.78, 5) is 33.0. The molecule has 2 saturated carbocycles. The van der Waals surface area contributed by atoms with Gasteiger partial charge in [0.05, 0.1) is 21.9 Å². The van der Waals surface area contributed by atoms with Gasteiger partial charge in [-0.2, -0.15) is 0 Å². The predicted molar refractivity (Wildman–Crippen MR) is 243 cm³/mol. The molecule has 2 aliphatic heterocycles. The van der Waals surface area contributed by atoms with Crippen LogP contribution in [0.2, 0.25) is 0 Å². The topological polar surface area (TPSA) is 155 Å². The molecule has 2 spiro atoms. The van der Waals surface area contributed by atoms with E-state index >= 15 is 0 Å². The molecule has 2 aromatic carbocycles. The molecular formula is C49H62N10O2. The third-order valence-corrected chi connectivity index (χ3v) is 14.0. The maximum Gasteiger partial charge on any atom is 0.411 e. The first kappa shape index (κ1) is 40.9. The first-order valence-corrected chi connectivity index (χ1v) is 22.2. The van der Waals surface area contributed by atoms with E-state index in [0.29, 0.717) is 11.6 Å². The quantitative estimate of drug-likeness (QED) is 0.155. The molecule has 6 heterocycles. The number of nitrogens with one attached hydrogen (secondary N) is 1. The summed E-state index contributed by atoms with van der Waals surface area (Å²) >= 11 is 0. The zero-order chi connectivity index (χ0) is 43.3. The van der Waals surface area contributed by atoms with Crippen LogP contribution >= 0.6 is 0 Å². The van der Waals surface area contributed by atoms with Crippen LogP contribution in [0.4, 0.5) is 16.4 Å². The van der Waals surface area contributed by atoms with Crippen molar-refractivity contribution >= 4 is 39.8 Å². The smallest absolute Gasteiger partial charge is 0.411 e. The van der Waals surface area contributed by atoms with Gasteiger partial charge in [-0.3, -0.25) is 10.2 Å². The Morgan fingerprint density at radius 3 is 1.70 bits per heavy atom. The summed E-state index contributed by atoms with van der Waals surface area (Å²) < 4.78 is 10.2. The lowest BCUT2D eigenvalue weighted by atomic mass is 9.76. The number of aryl methyl sites for hydroxylation is 2. The maximum absolute atomic E-state index is 13.7. The zero-order valence-electron chi connectivity index (χ0n) is 37.4. The summed E-state index contributed by atoms with van der Waals surface area (Å²) in [5.41, 5.74) is 22.6. The molecule has 4 aliphatic rings. The Bertz CT molecular complexity index is 2690. The van der Waals surface area contributed by atoms with Crippen molar-refractivity contribution in [1.29, 1.82) is 0 Å². The second-order valence-electron chi connectivity index (χ2n) is 20.1. The number of aromatic nitrogens is 6. The zero-order valence-corrected chi connectivity index (χ0v) is 37.4. The monoisotopic (exact) mass is 823 g/mol. The predicted octanol–water partition coefficient (Wildman–Crippen LogP) is 10.3. The van der Waals surface area contributed by atoms with E-state index in [4.69, 9.17) is 16.2 Å². The van der Waals surface area contributed by atoms with Crippen molar-refractivity contribution in [3.63, 3.8) is 0 Å². The molecule has 0 saturated heterocycles. The van der Waals surface area contributed by atoms with Crippen LogP contribution in [-0.2, 0) is 26.9 Å². The van der Waals surface area contributed by atoms with Crippen LogP contribution in [0.5, 0.6) is 0 Å². The van der Waals surface area contributed by atoms with Gasteiger partial charge in [0.2, 0.25) is 0 Å². The molecule has 6 aromatic rings. The summed E-state index contributed by atoms with van der Waals surface area (Å²) in [7, 11) is 0. The minimum absolute atomic E-state index is 0.000636. The number of ether oxygens (including phenoxy) is 1. The van der Waals surface area contributed by atoms with Crippen molar-refractivity contribution < 1.29 is 9.53 Å². The standard InChI is InChI=1S/C27H35N5O2.C22H27N5/c1-17-14-18(31-13-10-19-22(28)29-16-30-23(19)31)15-20-21(17)26(5,6)32(24(33)34-25(2,3)4)27(20)11-8-7-9-12-27;1-14-11-15(27-10-7-16-19(23)24-13-25-20(16)27)12-17-18(14)21(2,3)26-22(17)8-5-4-6-9-22/h10,13-16H,7-9,11-12H2,1-6H3,(H2,28,29,30);7,10-13,26H,4-6,8-9H2,1-3H3,(H2,23,24,25). The molecule has 10 rings (SSSR count). The number of hydrogen-bond donors (Lipinski definition) is 3. The van der Waals surface area contributed by atoms with Crippen molar-refractivity contribution in [1.82, 2.24) is 39.3 Å². The fraction of sp³-hybridized carbons (Fsp3) is 0.490. The third-order valence-electron chi connectivity index (χ3n) is 14.0. The highest BCUT2D eigenvalue weighted by Gasteiger charge is 2.58. The highest BCUT2D eigenvalue weighted by Crippen LogP contribution is 2.58. The number of nitrogens with two attached hydrogens (primary N) is 2. The normalized spacial score (nSPS) is 19.5. The lowest BCUT2D eigenvalue weighted by Crippen LogP contribution is -2.54. The molecule has 0 unspecified atom stereocenters. The Morgan fingerprint density at radius 2 is 1.18 bits per heavy atom. The Balaban J connectivity index is 0.000000160. The number of amides is 1. The van der Waals surface area contributed by atoms with Gasteiger partial charge in [0.25, 0.3) is 0 Å². The summed E-state index contributed by atoms with van der Waals surface area (Å²) in [6, 6.07) is 13.1. The van der Waals surface area contributed by atoms with Crippen molar-refractivity contribution in [2.45, 2.75) is 154 Å². The van der Waals surface area contributed by atoms with E-state index in [1.807, 2.05) is 39.1 Å². The average molecular weight is 823 g/mol. The number of benzene rings is 2. The van der Waals surface area contributed by atoms with E-state index < -0.39 is 11.1 Å². The van der Waals surface area contributed by atoms with Gasteiger partial charge in [0.1, 0.15) is 41.2 Å². The van der Waals surface area contributed by atoms with Gasteiger partial charge < -0.3 is 25.3 Å². The highest BCUT2D eigenvalue weighted by atomic mass is 16.6. The average Bonchev–Trinajstić information content (AvgIpc) is 3.92. The SMILES string of the molecule is Cc1cc(-n2ccc3c(N)ncnc32)cc2c1C(C)(C)N(C(=O)OC(C)(C)C)C21CCCCC1.Cc1cc(-n2ccc3c(N)ncnc32)cc2c1C(C)(C)NC21CCCCC1. The molecule has 5 N–H and O–H groups in total. The fourth-order valence-corrected chi connectivity index (χ4v) is 11.9. The van der Waals surface area contributed by atoms with Gasteiger partial charge in [0.15, 0.2) is 0 Å². The number of hydrogen-bond acceptors (Lipinski definition) is 9. The van der Waals surface area contributed by atoms with Gasteiger partial charge in [-0.15, -0.1) is 0 Å². The number of rotatable bonds is 2. The van der Waals surface area contributed by atoms with Crippen LogP contribution in [0.1, 0.15) is 146 Å². The summed E-state index contributed by atoms with van der Waals surface area (Å²) in [6.45, 7) is 19.1. The second-order valence-corrected chi connectivity index (χ2v) is 20.1. The van der Waals surface area contributed by atoms with Crippen LogP contribution in [0.25, 0.3) is 33.4 Å². The molecule has 0 radical (unpaired) electrons. The molecule has 0 bridgehead atoms. The third kappa shape index (κ3) is 6.55. The van der Waals surface area contributed by atoms with Crippen LogP contribution in [0.3, 0.4) is 0 Å². The van der Waals surface area contributed by atoms with Gasteiger partial charge >= 0.3 is 6.09 Å². The number of anilines is 2. The first-order valence-electron chi connectivity index (χ1n) is 22.2. The van der Waals surface area contributed by atoms with Crippen molar-refractivity contribution in [2.75, 3.05) is 11.5 Å². The van der Waals surface area contributed by atoms with Crippen LogP contribution in [0.15, 0.2) is 61.4 Å². The van der Waals surface area contributed by atoms with E-state index in [9.17, 15) is 4.79 Å². The molecule has 2 fully saturated rings. The minimum Gasteiger partial charge on any atom is -0.444 e. The van der Waals surface area contributed by atoms with E-state index in [0.717, 1.165) is 64.7 Å². The molecule has 12 nitrogen and oxygen atoms in total. The van der Waals surface area contributed by atoms with E-state index in [1.54, 1.807) is 6.33 Å². The molecule has 61 heavy (non-hydrogen) atoms. The Morgan fingerprint density at radius 1 is 0.689 bits per heavy atom. The lowest BCUT2D eigenvalue weighted by Gasteiger charge is -2.47. The lowest BCUT2D eigenvalue weighted by molar-refractivity contribution is -0.0418. The Kier molecular flexibility index (Phi) is 9.58. The molecule has 320 valence electrons. The molecular weight excluding hydrogens is 761 g/mol. The molecule has 1 amide bonds. The van der Waals surface area contributed by atoms with Crippen molar-refractivity contribution in [3.05, 3.63) is 94.8 Å². The molecule has 2 aliphatic carbocycles. The van der Waals surface area contributed by atoms with Gasteiger partial charge in [-0.05, 0) is 158 Å². The number of nitrogen functional groups attached to an aromatic ring is 2. The maximum atomic E-state index is 13.7. The van der Waals surface area contributed by atoms with Crippen LogP contribution < -0.4 is 16.8 Å². The minimum atomic E-state index is -0.554. The van der Waals surface area contributed by atoms with Gasteiger partial charge in [0, 0.05) is 34.8 Å². The van der Waals surface area contributed by atoms with Crippen molar-refractivity contribution in [2.24, 2.45) is 0 Å². The summed E-state index contributed by atoms with van der Waals surface area (Å²) in [5, 5.41) is 5.76. The van der Waals surface area contributed by atoms with E-state index in [-0.39, 0.29) is 22.7 Å². The van der Waals surface area contributed by atoms with E-state index in [2.05, 4.69) is 111 Å².